The molecule has 1 fully saturated rings. The maximum atomic E-state index is 13.7. The van der Waals surface area contributed by atoms with Crippen molar-refractivity contribution >= 4 is 51.4 Å². The number of hydrogen-bond acceptors (Lipinski definition) is 4. The van der Waals surface area contributed by atoms with Gasteiger partial charge in [0, 0.05) is 16.5 Å². The maximum absolute atomic E-state index is 13.7. The van der Waals surface area contributed by atoms with Crippen molar-refractivity contribution in [1.82, 2.24) is 5.32 Å². The molecule has 3 aliphatic heterocycles. The summed E-state index contributed by atoms with van der Waals surface area (Å²) in [4.78, 5) is 28.6. The van der Waals surface area contributed by atoms with Crippen LogP contribution in [0, 0.1) is 6.92 Å². The summed E-state index contributed by atoms with van der Waals surface area (Å²) >= 11 is 6.37. The quantitative estimate of drug-likeness (QED) is 0.523. The Labute approximate surface area is 185 Å². The molecule has 2 aromatic rings. The molecular formula is C24H22N2O2S2. The van der Waals surface area contributed by atoms with E-state index in [1.54, 1.807) is 0 Å². The van der Waals surface area contributed by atoms with Gasteiger partial charge in [-0.1, -0.05) is 72.9 Å². The Hall–Kier alpha value is -2.44. The van der Waals surface area contributed by atoms with Crippen LogP contribution in [0.25, 0.3) is 5.57 Å². The van der Waals surface area contributed by atoms with Gasteiger partial charge in [-0.05, 0) is 44.4 Å². The zero-order valence-corrected chi connectivity index (χ0v) is 19.0. The first kappa shape index (κ1) is 19.5. The molecular weight excluding hydrogens is 412 g/mol. The fraction of sp³-hybridized carbons (Fsp3) is 0.292. The number of amides is 2. The van der Waals surface area contributed by atoms with Crippen molar-refractivity contribution in [2.45, 2.75) is 45.1 Å². The van der Waals surface area contributed by atoms with E-state index in [2.05, 4.69) is 56.4 Å². The number of benzene rings is 2. The second-order valence-electron chi connectivity index (χ2n) is 9.08. The topological polar surface area (TPSA) is 49.4 Å². The van der Waals surface area contributed by atoms with Crippen molar-refractivity contribution in [1.29, 1.82) is 0 Å². The average molecular weight is 435 g/mol. The summed E-state index contributed by atoms with van der Waals surface area (Å²) in [7, 11) is 0. The molecule has 3 heterocycles. The predicted octanol–water partition coefficient (Wildman–Crippen LogP) is 4.69. The van der Waals surface area contributed by atoms with Gasteiger partial charge in [0.25, 0.3) is 11.8 Å². The van der Waals surface area contributed by atoms with E-state index in [9.17, 15) is 9.59 Å². The third-order valence-electron chi connectivity index (χ3n) is 6.40. The van der Waals surface area contributed by atoms with Gasteiger partial charge in [-0.25, -0.2) is 0 Å². The summed E-state index contributed by atoms with van der Waals surface area (Å²) in [6.45, 7) is 8.53. The molecule has 3 aliphatic rings. The summed E-state index contributed by atoms with van der Waals surface area (Å²) in [5.41, 5.74) is 5.02. The molecule has 2 amide bonds. The molecule has 5 rings (SSSR count). The highest BCUT2D eigenvalue weighted by atomic mass is 32.2. The predicted molar refractivity (Wildman–Crippen MR) is 126 cm³/mol. The molecule has 6 heteroatoms. The summed E-state index contributed by atoms with van der Waals surface area (Å²) in [5.74, 6) is -0.397. The van der Waals surface area contributed by atoms with E-state index in [-0.39, 0.29) is 17.2 Å². The average Bonchev–Trinajstić information content (AvgIpc) is 3.15. The van der Waals surface area contributed by atoms with Crippen LogP contribution in [0.5, 0.6) is 0 Å². The Balaban J connectivity index is 1.86. The molecule has 1 saturated heterocycles. The molecule has 152 valence electrons. The van der Waals surface area contributed by atoms with Crippen LogP contribution in [-0.2, 0) is 15.0 Å². The van der Waals surface area contributed by atoms with Crippen LogP contribution in [0.3, 0.4) is 0 Å². The SMILES string of the molecule is Cc1cc2c3c(c1)[C@](C)(c1ccccc1)CC(C)(C)N3C(=O)/C2=C1\SC(=S)NC1=O. The zero-order chi connectivity index (χ0) is 21.4. The first-order chi connectivity index (χ1) is 14.1. The fourth-order valence-corrected chi connectivity index (χ4v) is 6.45. The van der Waals surface area contributed by atoms with E-state index >= 15 is 0 Å². The highest BCUT2D eigenvalue weighted by molar-refractivity contribution is 8.27. The molecule has 0 aromatic heterocycles. The number of thioether (sulfide) groups is 1. The number of nitrogens with zero attached hydrogens (tertiary/aromatic N) is 1. The number of rotatable bonds is 1. The van der Waals surface area contributed by atoms with Gasteiger partial charge >= 0.3 is 0 Å². The van der Waals surface area contributed by atoms with Gasteiger partial charge < -0.3 is 10.2 Å². The Bertz CT molecular complexity index is 1180. The van der Waals surface area contributed by atoms with Crippen LogP contribution in [0.1, 0.15) is 49.4 Å². The molecule has 0 unspecified atom stereocenters. The number of carbonyl (C=O) groups is 2. The van der Waals surface area contributed by atoms with Crippen molar-refractivity contribution in [2.75, 3.05) is 4.90 Å². The maximum Gasteiger partial charge on any atom is 0.264 e. The van der Waals surface area contributed by atoms with Crippen molar-refractivity contribution < 1.29 is 9.59 Å². The lowest BCUT2D eigenvalue weighted by Crippen LogP contribution is -2.54. The Morgan fingerprint density at radius 1 is 1.10 bits per heavy atom. The van der Waals surface area contributed by atoms with Crippen molar-refractivity contribution in [2.24, 2.45) is 0 Å². The van der Waals surface area contributed by atoms with E-state index in [1.807, 2.05) is 24.0 Å². The monoisotopic (exact) mass is 434 g/mol. The van der Waals surface area contributed by atoms with Crippen LogP contribution < -0.4 is 10.2 Å². The molecule has 0 saturated carbocycles. The van der Waals surface area contributed by atoms with E-state index in [4.69, 9.17) is 12.2 Å². The van der Waals surface area contributed by atoms with Crippen molar-refractivity contribution in [3.63, 3.8) is 0 Å². The Kier molecular flexibility index (Phi) is 4.09. The third-order valence-corrected chi connectivity index (χ3v) is 7.64. The summed E-state index contributed by atoms with van der Waals surface area (Å²) < 4.78 is 0.395. The van der Waals surface area contributed by atoms with Crippen LogP contribution >= 0.6 is 24.0 Å². The second kappa shape index (κ2) is 6.28. The first-order valence-electron chi connectivity index (χ1n) is 9.96. The van der Waals surface area contributed by atoms with Crippen LogP contribution in [0.2, 0.25) is 0 Å². The minimum atomic E-state index is -0.415. The van der Waals surface area contributed by atoms with E-state index in [0.29, 0.717) is 14.8 Å². The molecule has 1 N–H and O–H groups in total. The standard InChI is InChI=1S/C24H22N2O2S2/c1-13-10-15-17(19-20(27)25-22(29)30-19)21(28)26-18(15)16(11-13)24(4,12-23(26,2)3)14-8-6-5-7-9-14/h5-11H,12H2,1-4H3,(H,25,27,29)/b19-17-/t24-/m0/s1. The summed E-state index contributed by atoms with van der Waals surface area (Å²) in [6.07, 6.45) is 0.784. The van der Waals surface area contributed by atoms with E-state index < -0.39 is 5.54 Å². The molecule has 0 aliphatic carbocycles. The molecule has 4 nitrogen and oxygen atoms in total. The van der Waals surface area contributed by atoms with Gasteiger partial charge in [0.2, 0.25) is 0 Å². The largest absolute Gasteiger partial charge is 0.307 e. The fourth-order valence-electron chi connectivity index (χ4n) is 5.34. The van der Waals surface area contributed by atoms with Crippen molar-refractivity contribution in [3.8, 4) is 0 Å². The lowest BCUT2D eigenvalue weighted by atomic mass is 9.65. The van der Waals surface area contributed by atoms with E-state index in [1.165, 1.54) is 17.3 Å². The smallest absolute Gasteiger partial charge is 0.264 e. The Morgan fingerprint density at radius 2 is 1.80 bits per heavy atom. The minimum absolute atomic E-state index is 0.112. The highest BCUT2D eigenvalue weighted by Crippen LogP contribution is 2.57. The zero-order valence-electron chi connectivity index (χ0n) is 17.3. The van der Waals surface area contributed by atoms with Crippen LogP contribution in [-0.4, -0.2) is 21.7 Å². The van der Waals surface area contributed by atoms with Gasteiger partial charge in [-0.15, -0.1) is 0 Å². The number of carbonyl (C=O) groups excluding carboxylic acids is 2. The molecule has 0 radical (unpaired) electrons. The normalized spacial score (nSPS) is 26.8. The number of anilines is 1. The summed E-state index contributed by atoms with van der Waals surface area (Å²) in [6, 6.07) is 14.7. The molecule has 30 heavy (non-hydrogen) atoms. The van der Waals surface area contributed by atoms with Gasteiger partial charge in [-0.3, -0.25) is 9.59 Å². The number of thiocarbonyl (C=S) groups is 1. The van der Waals surface area contributed by atoms with Crippen LogP contribution in [0.15, 0.2) is 47.4 Å². The number of nitrogens with one attached hydrogen (secondary N) is 1. The molecule has 2 aromatic carbocycles. The number of aryl methyl sites for hydroxylation is 1. The lowest BCUT2D eigenvalue weighted by molar-refractivity contribution is -0.116. The molecule has 0 bridgehead atoms. The van der Waals surface area contributed by atoms with Gasteiger partial charge in [0.15, 0.2) is 0 Å². The first-order valence-corrected chi connectivity index (χ1v) is 11.2. The van der Waals surface area contributed by atoms with Crippen molar-refractivity contribution in [3.05, 3.63) is 69.6 Å². The van der Waals surface area contributed by atoms with Gasteiger partial charge in [-0.2, -0.15) is 0 Å². The second-order valence-corrected chi connectivity index (χ2v) is 10.8. The van der Waals surface area contributed by atoms with Gasteiger partial charge in [0.05, 0.1) is 16.2 Å². The summed E-state index contributed by atoms with van der Waals surface area (Å²) in [5, 5.41) is 2.66. The minimum Gasteiger partial charge on any atom is -0.307 e. The number of hydrogen-bond donors (Lipinski definition) is 1. The van der Waals surface area contributed by atoms with E-state index in [0.717, 1.165) is 28.8 Å². The third kappa shape index (κ3) is 2.56. The lowest BCUT2D eigenvalue weighted by Gasteiger charge is -2.50. The van der Waals surface area contributed by atoms with Gasteiger partial charge in [0.1, 0.15) is 4.32 Å². The van der Waals surface area contributed by atoms with Crippen LogP contribution in [0.4, 0.5) is 5.69 Å². The molecule has 1 atom stereocenters. The highest BCUT2D eigenvalue weighted by Gasteiger charge is 2.53. The molecule has 0 spiro atoms. The Morgan fingerprint density at radius 3 is 2.43 bits per heavy atom.